The highest BCUT2D eigenvalue weighted by molar-refractivity contribution is 5.97. The van der Waals surface area contributed by atoms with Crippen molar-refractivity contribution in [2.45, 2.75) is 13.5 Å². The van der Waals surface area contributed by atoms with E-state index in [-0.39, 0.29) is 11.5 Å². The molecule has 0 spiro atoms. The Balaban J connectivity index is 2.09. The van der Waals surface area contributed by atoms with Crippen molar-refractivity contribution in [2.24, 2.45) is 0 Å². The van der Waals surface area contributed by atoms with Crippen LogP contribution in [0.3, 0.4) is 0 Å². The Bertz CT molecular complexity index is 650. The second-order valence-corrected chi connectivity index (χ2v) is 4.89. The molecule has 110 valence electrons. The van der Waals surface area contributed by atoms with Crippen LogP contribution < -0.4 is 0 Å². The molecule has 2 aromatic rings. The fourth-order valence-corrected chi connectivity index (χ4v) is 2.04. The first-order valence-electron chi connectivity index (χ1n) is 6.55. The fourth-order valence-electron chi connectivity index (χ4n) is 2.04. The molecule has 2 rings (SSSR count). The molecule has 0 saturated heterocycles. The summed E-state index contributed by atoms with van der Waals surface area (Å²) in [7, 11) is 1.69. The number of likely N-dealkylation sites (N-methyl/N-ethyl adjacent to an activating group) is 1. The van der Waals surface area contributed by atoms with Crippen molar-refractivity contribution in [3.63, 3.8) is 0 Å². The van der Waals surface area contributed by atoms with Gasteiger partial charge in [0.1, 0.15) is 0 Å². The molecule has 1 aromatic carbocycles. The lowest BCUT2D eigenvalue weighted by Crippen LogP contribution is -2.30. The topological polar surface area (TPSA) is 75.4 Å². The molecule has 0 aliphatic heterocycles. The van der Waals surface area contributed by atoms with E-state index < -0.39 is 5.97 Å². The van der Waals surface area contributed by atoms with E-state index in [9.17, 15) is 9.59 Å². The zero-order valence-electron chi connectivity index (χ0n) is 12.0. The quantitative estimate of drug-likeness (QED) is 0.907. The van der Waals surface area contributed by atoms with Crippen LogP contribution in [0.2, 0.25) is 0 Å². The van der Waals surface area contributed by atoms with Gasteiger partial charge in [-0.25, -0.2) is 4.79 Å². The number of nitrogens with zero attached hydrogens (tertiary/aromatic N) is 3. The second-order valence-electron chi connectivity index (χ2n) is 4.89. The summed E-state index contributed by atoms with van der Waals surface area (Å²) in [4.78, 5) is 24.9. The van der Waals surface area contributed by atoms with Gasteiger partial charge in [0.2, 0.25) is 0 Å². The molecule has 6 heteroatoms. The smallest absolute Gasteiger partial charge is 0.335 e. The van der Waals surface area contributed by atoms with Crippen molar-refractivity contribution in [1.82, 2.24) is 14.7 Å². The van der Waals surface area contributed by atoms with Gasteiger partial charge in [0.15, 0.2) is 0 Å². The molecular weight excluding hydrogens is 270 g/mol. The first-order valence-corrected chi connectivity index (χ1v) is 6.55. The molecule has 0 fully saturated rings. The summed E-state index contributed by atoms with van der Waals surface area (Å²) < 4.78 is 1.74. The lowest BCUT2D eigenvalue weighted by molar-refractivity contribution is 0.0696. The van der Waals surface area contributed by atoms with Gasteiger partial charge in [-0.2, -0.15) is 5.10 Å². The minimum atomic E-state index is -1.04. The van der Waals surface area contributed by atoms with Crippen LogP contribution in [0.15, 0.2) is 36.7 Å². The summed E-state index contributed by atoms with van der Waals surface area (Å²) in [5, 5.41) is 13.1. The molecule has 1 amide bonds. The van der Waals surface area contributed by atoms with Gasteiger partial charge in [-0.15, -0.1) is 0 Å². The highest BCUT2D eigenvalue weighted by atomic mass is 16.4. The Kier molecular flexibility index (Phi) is 4.37. The Labute approximate surface area is 122 Å². The third-order valence-electron chi connectivity index (χ3n) is 3.14. The maximum Gasteiger partial charge on any atom is 0.335 e. The second kappa shape index (κ2) is 6.21. The van der Waals surface area contributed by atoms with E-state index in [1.807, 2.05) is 12.3 Å². The number of carbonyl (C=O) groups excluding carboxylic acids is 1. The highest BCUT2D eigenvalue weighted by Crippen LogP contribution is 2.12. The van der Waals surface area contributed by atoms with Crippen LogP contribution in [0.25, 0.3) is 0 Å². The normalized spacial score (nSPS) is 10.4. The largest absolute Gasteiger partial charge is 0.478 e. The van der Waals surface area contributed by atoms with Crippen LogP contribution >= 0.6 is 0 Å². The van der Waals surface area contributed by atoms with Crippen molar-refractivity contribution in [2.75, 3.05) is 13.6 Å². The molecule has 1 heterocycles. The third kappa shape index (κ3) is 3.68. The summed E-state index contributed by atoms with van der Waals surface area (Å²) >= 11 is 0. The molecule has 0 aliphatic rings. The van der Waals surface area contributed by atoms with Crippen LogP contribution in [0.1, 0.15) is 26.3 Å². The van der Waals surface area contributed by atoms with Crippen molar-refractivity contribution in [3.05, 3.63) is 53.3 Å². The highest BCUT2D eigenvalue weighted by Gasteiger charge is 2.15. The van der Waals surface area contributed by atoms with Crippen LogP contribution in [0.5, 0.6) is 0 Å². The molecule has 1 N–H and O–H groups in total. The van der Waals surface area contributed by atoms with Gasteiger partial charge >= 0.3 is 5.97 Å². The number of amides is 1. The van der Waals surface area contributed by atoms with Crippen LogP contribution in [-0.4, -0.2) is 45.3 Å². The van der Waals surface area contributed by atoms with E-state index in [4.69, 9.17) is 5.11 Å². The van der Waals surface area contributed by atoms with Crippen LogP contribution in [-0.2, 0) is 6.54 Å². The predicted octanol–water partition coefficient (Wildman–Crippen LogP) is 1.66. The first-order chi connectivity index (χ1) is 9.97. The Morgan fingerprint density at radius 2 is 2.00 bits per heavy atom. The zero-order valence-corrected chi connectivity index (χ0v) is 12.0. The van der Waals surface area contributed by atoms with Crippen molar-refractivity contribution in [3.8, 4) is 0 Å². The van der Waals surface area contributed by atoms with E-state index in [0.717, 1.165) is 5.56 Å². The number of carbonyl (C=O) groups is 2. The molecule has 0 aliphatic carbocycles. The van der Waals surface area contributed by atoms with Crippen molar-refractivity contribution >= 4 is 11.9 Å². The van der Waals surface area contributed by atoms with Crippen molar-refractivity contribution in [1.29, 1.82) is 0 Å². The minimum Gasteiger partial charge on any atom is -0.478 e. The van der Waals surface area contributed by atoms with E-state index >= 15 is 0 Å². The summed E-state index contributed by atoms with van der Waals surface area (Å²) in [6.45, 7) is 2.86. The van der Waals surface area contributed by atoms with Gasteiger partial charge in [0.25, 0.3) is 5.91 Å². The van der Waals surface area contributed by atoms with E-state index in [0.29, 0.717) is 18.7 Å². The molecule has 1 aromatic heterocycles. The predicted molar refractivity (Wildman–Crippen MR) is 77.3 cm³/mol. The molecule has 0 radical (unpaired) electrons. The van der Waals surface area contributed by atoms with Gasteiger partial charge in [-0.05, 0) is 36.8 Å². The molecular formula is C15H17N3O3. The van der Waals surface area contributed by atoms with E-state index in [1.165, 1.54) is 6.07 Å². The number of aromatic carboxylic acids is 1. The van der Waals surface area contributed by atoms with Gasteiger partial charge in [0, 0.05) is 31.5 Å². The summed E-state index contributed by atoms with van der Waals surface area (Å²) in [5.41, 5.74) is 1.26. The monoisotopic (exact) mass is 287 g/mol. The number of carboxylic acids is 1. The number of hydrogen-bond donors (Lipinski definition) is 1. The maximum atomic E-state index is 12.3. The molecule has 0 atom stereocenters. The lowest BCUT2D eigenvalue weighted by atomic mass is 10.1. The van der Waals surface area contributed by atoms with Crippen LogP contribution in [0, 0.1) is 6.92 Å². The molecule has 0 bridgehead atoms. The first kappa shape index (κ1) is 14.8. The van der Waals surface area contributed by atoms with Gasteiger partial charge in [-0.1, -0.05) is 0 Å². The molecule has 6 nitrogen and oxygen atoms in total. The molecule has 0 saturated carbocycles. The maximum absolute atomic E-state index is 12.3. The SMILES string of the molecule is Cc1cc(C(=O)O)cc(C(=O)N(C)CCn2cccn2)c1. The van der Waals surface area contributed by atoms with Gasteiger partial charge < -0.3 is 10.0 Å². The van der Waals surface area contributed by atoms with Gasteiger partial charge in [-0.3, -0.25) is 9.48 Å². The number of aryl methyl sites for hydroxylation is 1. The van der Waals surface area contributed by atoms with E-state index in [2.05, 4.69) is 5.10 Å². The summed E-state index contributed by atoms with van der Waals surface area (Å²) in [6, 6.07) is 6.46. The Morgan fingerprint density at radius 1 is 1.29 bits per heavy atom. The summed E-state index contributed by atoms with van der Waals surface area (Å²) in [6.07, 6.45) is 3.51. The standard InChI is InChI=1S/C15H17N3O3/c1-11-8-12(10-13(9-11)15(20)21)14(19)17(2)6-7-18-5-3-4-16-18/h3-5,8-10H,6-7H2,1-2H3,(H,20,21). The average molecular weight is 287 g/mol. The number of carboxylic acid groups (broad SMARTS) is 1. The van der Waals surface area contributed by atoms with Crippen LogP contribution in [0.4, 0.5) is 0 Å². The molecule has 0 unspecified atom stereocenters. The average Bonchev–Trinajstić information content (AvgIpc) is 2.96. The number of aromatic nitrogens is 2. The van der Waals surface area contributed by atoms with E-state index in [1.54, 1.807) is 41.9 Å². The summed E-state index contributed by atoms with van der Waals surface area (Å²) in [5.74, 6) is -1.24. The number of hydrogen-bond acceptors (Lipinski definition) is 3. The molecule has 21 heavy (non-hydrogen) atoms. The number of benzene rings is 1. The lowest BCUT2D eigenvalue weighted by Gasteiger charge is -2.17. The Morgan fingerprint density at radius 3 is 2.62 bits per heavy atom. The minimum absolute atomic E-state index is 0.124. The van der Waals surface area contributed by atoms with Crippen molar-refractivity contribution < 1.29 is 14.7 Å². The van der Waals surface area contributed by atoms with Gasteiger partial charge in [0.05, 0.1) is 12.1 Å². The fraction of sp³-hybridized carbons (Fsp3) is 0.267. The Hall–Kier alpha value is -2.63. The number of rotatable bonds is 5. The third-order valence-corrected chi connectivity index (χ3v) is 3.14. The zero-order chi connectivity index (χ0) is 15.4.